The van der Waals surface area contributed by atoms with E-state index < -0.39 is 0 Å². The molecule has 0 aliphatic heterocycles. The maximum Gasteiger partial charge on any atom is 0.229 e. The molecule has 3 heteroatoms. The van der Waals surface area contributed by atoms with Crippen molar-refractivity contribution in [2.75, 3.05) is 0 Å². The van der Waals surface area contributed by atoms with Gasteiger partial charge in [-0.05, 0) is 91.0 Å². The van der Waals surface area contributed by atoms with Gasteiger partial charge in [-0.3, -0.25) is 4.99 Å². The van der Waals surface area contributed by atoms with Crippen LogP contribution in [0.15, 0.2) is 149 Å². The second-order valence-electron chi connectivity index (χ2n) is 14.5. The Kier molecular flexibility index (Phi) is 7.92. The van der Waals surface area contributed by atoms with Crippen LogP contribution in [-0.2, 0) is 5.41 Å². The summed E-state index contributed by atoms with van der Waals surface area (Å²) in [6.45, 7) is 11.2. The van der Waals surface area contributed by atoms with Gasteiger partial charge in [-0.15, -0.1) is 0 Å². The summed E-state index contributed by atoms with van der Waals surface area (Å²) in [5.74, 6) is 1.05. The summed E-state index contributed by atoms with van der Waals surface area (Å²) < 4.78 is 6.62. The van der Waals surface area contributed by atoms with Gasteiger partial charge in [0.15, 0.2) is 5.58 Å². The predicted octanol–water partition coefficient (Wildman–Crippen LogP) is 13.3. The quantitative estimate of drug-likeness (QED) is 0.133. The summed E-state index contributed by atoms with van der Waals surface area (Å²) >= 11 is 0. The molecule has 8 rings (SSSR count). The highest BCUT2D eigenvalue weighted by Crippen LogP contribution is 2.39. The summed E-state index contributed by atoms with van der Waals surface area (Å²) in [7, 11) is 0. The fourth-order valence-electron chi connectivity index (χ4n) is 6.81. The van der Waals surface area contributed by atoms with Gasteiger partial charge in [0, 0.05) is 17.3 Å². The highest BCUT2D eigenvalue weighted by Gasteiger charge is 2.21. The van der Waals surface area contributed by atoms with Crippen molar-refractivity contribution in [2.45, 2.75) is 46.0 Å². The molecule has 0 saturated carbocycles. The molecule has 3 nitrogen and oxygen atoms in total. The molecular weight excluding hydrogens is 609 g/mol. The van der Waals surface area contributed by atoms with Crippen LogP contribution in [0.1, 0.15) is 57.2 Å². The molecule has 50 heavy (non-hydrogen) atoms. The molecule has 0 unspecified atom stereocenters. The Hall–Kier alpha value is -5.80. The molecule has 0 N–H and O–H groups in total. The van der Waals surface area contributed by atoms with Crippen LogP contribution < -0.4 is 0 Å². The maximum atomic E-state index is 6.62. The fourth-order valence-corrected chi connectivity index (χ4v) is 6.81. The minimum Gasteiger partial charge on any atom is -0.436 e. The summed E-state index contributed by atoms with van der Waals surface area (Å²) in [6.07, 6.45) is 1.97. The number of oxazole rings is 1. The SMILES string of the molecule is CC(C)c1cccc(-c2ccc(-c3cc(C(C)(C)C)cc4oc(-c5ccccc5N=Cc5cc6ccccc6c6ccccc56)nc34)cc2)c1. The van der Waals surface area contributed by atoms with E-state index in [2.05, 4.69) is 150 Å². The molecule has 0 fully saturated rings. The molecule has 0 bridgehead atoms. The minimum absolute atomic E-state index is 0.0715. The van der Waals surface area contributed by atoms with Crippen molar-refractivity contribution >= 4 is 44.5 Å². The van der Waals surface area contributed by atoms with Gasteiger partial charge in [0.2, 0.25) is 5.89 Å². The Bertz CT molecular complexity index is 2550. The third-order valence-electron chi connectivity index (χ3n) is 9.72. The molecule has 7 aromatic carbocycles. The van der Waals surface area contributed by atoms with Crippen LogP contribution in [0.3, 0.4) is 0 Å². The van der Waals surface area contributed by atoms with Crippen LogP contribution in [0.25, 0.3) is 66.4 Å². The summed E-state index contributed by atoms with van der Waals surface area (Å²) in [4.78, 5) is 10.2. The van der Waals surface area contributed by atoms with Crippen molar-refractivity contribution in [3.8, 4) is 33.7 Å². The number of hydrogen-bond donors (Lipinski definition) is 0. The van der Waals surface area contributed by atoms with Crippen molar-refractivity contribution in [1.29, 1.82) is 0 Å². The predicted molar refractivity (Wildman–Crippen MR) is 212 cm³/mol. The van der Waals surface area contributed by atoms with E-state index in [1.165, 1.54) is 43.8 Å². The van der Waals surface area contributed by atoms with E-state index in [1.54, 1.807) is 0 Å². The second kappa shape index (κ2) is 12.6. The van der Waals surface area contributed by atoms with Crippen molar-refractivity contribution in [2.24, 2.45) is 4.99 Å². The van der Waals surface area contributed by atoms with E-state index in [-0.39, 0.29) is 5.41 Å². The van der Waals surface area contributed by atoms with Crippen molar-refractivity contribution in [1.82, 2.24) is 4.98 Å². The summed E-state index contributed by atoms with van der Waals surface area (Å²) in [6, 6.07) is 49.5. The van der Waals surface area contributed by atoms with Gasteiger partial charge >= 0.3 is 0 Å². The first-order chi connectivity index (χ1) is 24.2. The average Bonchev–Trinajstić information content (AvgIpc) is 3.58. The van der Waals surface area contributed by atoms with Crippen LogP contribution in [0.4, 0.5) is 5.69 Å². The molecule has 1 heterocycles. The summed E-state index contributed by atoms with van der Waals surface area (Å²) in [5.41, 5.74) is 11.4. The zero-order valence-electron chi connectivity index (χ0n) is 29.2. The molecule has 0 aliphatic rings. The highest BCUT2D eigenvalue weighted by molar-refractivity contribution is 6.14. The van der Waals surface area contributed by atoms with E-state index in [1.807, 2.05) is 30.5 Å². The number of rotatable bonds is 6. The normalized spacial score (nSPS) is 12.2. The molecule has 1 aromatic heterocycles. The summed E-state index contributed by atoms with van der Waals surface area (Å²) in [5, 5.41) is 4.83. The van der Waals surface area contributed by atoms with Gasteiger partial charge in [-0.1, -0.05) is 144 Å². The number of nitrogens with zero attached hydrogens (tertiary/aromatic N) is 2. The van der Waals surface area contributed by atoms with Gasteiger partial charge in [-0.2, -0.15) is 0 Å². The van der Waals surface area contributed by atoms with Crippen LogP contribution in [0.5, 0.6) is 0 Å². The molecule has 0 saturated heterocycles. The smallest absolute Gasteiger partial charge is 0.229 e. The van der Waals surface area contributed by atoms with Gasteiger partial charge in [0.25, 0.3) is 0 Å². The van der Waals surface area contributed by atoms with E-state index in [0.29, 0.717) is 11.8 Å². The Morgan fingerprint density at radius 1 is 0.620 bits per heavy atom. The lowest BCUT2D eigenvalue weighted by Crippen LogP contribution is -2.11. The number of aromatic nitrogens is 1. The van der Waals surface area contributed by atoms with Crippen LogP contribution in [0, 0.1) is 0 Å². The van der Waals surface area contributed by atoms with E-state index >= 15 is 0 Å². The maximum absolute atomic E-state index is 6.62. The molecular formula is C47H40N2O. The van der Waals surface area contributed by atoms with Gasteiger partial charge in [0.05, 0.1) is 11.3 Å². The zero-order valence-corrected chi connectivity index (χ0v) is 29.2. The largest absolute Gasteiger partial charge is 0.436 e. The fraction of sp³-hybridized carbons (Fsp3) is 0.149. The highest BCUT2D eigenvalue weighted by atomic mass is 16.3. The number of aliphatic imine (C=N–C) groups is 1. The molecule has 0 atom stereocenters. The minimum atomic E-state index is -0.0715. The zero-order chi connectivity index (χ0) is 34.4. The standard InChI is InChI=1S/C47H40N2O/c1-30(2)33-14-12-15-34(25-33)31-21-23-32(24-22-31)42-27-37(47(3,4)5)28-44-45(42)49-46(50-44)41-19-10-11-20-43(41)48-29-36-26-35-13-6-7-16-38(35)40-18-9-8-17-39(36)40/h6-30H,1-5H3. The average molecular weight is 649 g/mol. The van der Waals surface area contributed by atoms with Gasteiger partial charge < -0.3 is 4.42 Å². The third-order valence-corrected chi connectivity index (χ3v) is 9.72. The molecule has 8 aromatic rings. The topological polar surface area (TPSA) is 38.4 Å². The molecule has 0 radical (unpaired) electrons. The van der Waals surface area contributed by atoms with Crippen molar-refractivity contribution < 1.29 is 4.42 Å². The Balaban J connectivity index is 1.21. The molecule has 0 spiro atoms. The lowest BCUT2D eigenvalue weighted by atomic mass is 9.85. The van der Waals surface area contributed by atoms with Crippen LogP contribution >= 0.6 is 0 Å². The van der Waals surface area contributed by atoms with Crippen molar-refractivity contribution in [3.05, 3.63) is 156 Å². The van der Waals surface area contributed by atoms with E-state index in [4.69, 9.17) is 14.4 Å². The van der Waals surface area contributed by atoms with E-state index in [9.17, 15) is 0 Å². The second-order valence-corrected chi connectivity index (χ2v) is 14.5. The number of fused-ring (bicyclic) bond motifs is 4. The van der Waals surface area contributed by atoms with E-state index in [0.717, 1.165) is 39.0 Å². The lowest BCUT2D eigenvalue weighted by molar-refractivity contribution is 0.584. The molecule has 244 valence electrons. The Labute approximate surface area is 294 Å². The molecule has 0 aliphatic carbocycles. The van der Waals surface area contributed by atoms with Crippen LogP contribution in [0.2, 0.25) is 0 Å². The first-order valence-electron chi connectivity index (χ1n) is 17.4. The number of hydrogen-bond acceptors (Lipinski definition) is 3. The lowest BCUT2D eigenvalue weighted by Gasteiger charge is -2.20. The Morgan fingerprint density at radius 2 is 1.32 bits per heavy atom. The van der Waals surface area contributed by atoms with Gasteiger partial charge in [-0.25, -0.2) is 4.98 Å². The van der Waals surface area contributed by atoms with Crippen LogP contribution in [-0.4, -0.2) is 11.2 Å². The number of para-hydroxylation sites is 1. The molecule has 0 amide bonds. The van der Waals surface area contributed by atoms with Crippen molar-refractivity contribution in [3.63, 3.8) is 0 Å². The number of benzene rings is 7. The first-order valence-corrected chi connectivity index (χ1v) is 17.4. The van der Waals surface area contributed by atoms with Gasteiger partial charge in [0.1, 0.15) is 5.52 Å². The third kappa shape index (κ3) is 5.90. The first kappa shape index (κ1) is 31.5. The monoisotopic (exact) mass is 648 g/mol. The Morgan fingerprint density at radius 3 is 2.10 bits per heavy atom.